The molecule has 0 aliphatic carbocycles. The average molecular weight is 292 g/mol. The minimum absolute atomic E-state index is 0.302. The molecule has 3 aromatic rings. The quantitative estimate of drug-likeness (QED) is 0.545. The highest BCUT2D eigenvalue weighted by atomic mass is 16.5. The first-order chi connectivity index (χ1) is 10.7. The molecule has 0 saturated heterocycles. The fourth-order valence-corrected chi connectivity index (χ4v) is 1.94. The van der Waals surface area contributed by atoms with Gasteiger partial charge in [-0.2, -0.15) is 0 Å². The SMILES string of the molecule is CC(=O)Oc1ccccc1-c1nnc(-c2ccccc2)nn1. The molecule has 0 N–H and O–H groups in total. The zero-order valence-electron chi connectivity index (χ0n) is 11.8. The molecule has 0 unspecified atom stereocenters. The van der Waals surface area contributed by atoms with Crippen LogP contribution in [0.1, 0.15) is 6.92 Å². The molecule has 0 aliphatic heterocycles. The fraction of sp³-hybridized carbons (Fsp3) is 0.0625. The van der Waals surface area contributed by atoms with Gasteiger partial charge in [-0.3, -0.25) is 4.79 Å². The highest BCUT2D eigenvalue weighted by Crippen LogP contribution is 2.26. The summed E-state index contributed by atoms with van der Waals surface area (Å²) in [6.07, 6.45) is 0. The van der Waals surface area contributed by atoms with Gasteiger partial charge < -0.3 is 4.74 Å². The van der Waals surface area contributed by atoms with Crippen molar-refractivity contribution < 1.29 is 9.53 Å². The second-order valence-corrected chi connectivity index (χ2v) is 4.50. The van der Waals surface area contributed by atoms with Crippen LogP contribution >= 0.6 is 0 Å². The van der Waals surface area contributed by atoms with Gasteiger partial charge >= 0.3 is 5.97 Å². The first-order valence-electron chi connectivity index (χ1n) is 6.64. The van der Waals surface area contributed by atoms with Gasteiger partial charge in [0.05, 0.1) is 5.56 Å². The minimum atomic E-state index is -0.408. The Kier molecular flexibility index (Phi) is 3.82. The number of para-hydroxylation sites is 1. The van der Waals surface area contributed by atoms with Gasteiger partial charge in [-0.25, -0.2) is 0 Å². The van der Waals surface area contributed by atoms with Crippen LogP contribution in [0.5, 0.6) is 5.75 Å². The first kappa shape index (κ1) is 13.8. The van der Waals surface area contributed by atoms with Crippen molar-refractivity contribution in [2.75, 3.05) is 0 Å². The number of benzene rings is 2. The molecule has 0 amide bonds. The van der Waals surface area contributed by atoms with Crippen LogP contribution < -0.4 is 4.74 Å². The molecule has 6 nitrogen and oxygen atoms in total. The Bertz CT molecular complexity index is 789. The average Bonchev–Trinajstić information content (AvgIpc) is 2.56. The Morgan fingerprint density at radius 2 is 1.41 bits per heavy atom. The minimum Gasteiger partial charge on any atom is -0.426 e. The van der Waals surface area contributed by atoms with E-state index in [-0.39, 0.29) is 0 Å². The van der Waals surface area contributed by atoms with Crippen molar-refractivity contribution in [3.05, 3.63) is 54.6 Å². The lowest BCUT2D eigenvalue weighted by Gasteiger charge is -2.06. The van der Waals surface area contributed by atoms with Crippen molar-refractivity contribution in [1.29, 1.82) is 0 Å². The zero-order chi connectivity index (χ0) is 15.4. The van der Waals surface area contributed by atoms with Gasteiger partial charge in [0.1, 0.15) is 5.75 Å². The molecule has 0 atom stereocenters. The summed E-state index contributed by atoms with van der Waals surface area (Å²) in [7, 11) is 0. The molecule has 1 heterocycles. The lowest BCUT2D eigenvalue weighted by Crippen LogP contribution is -2.05. The second kappa shape index (κ2) is 6.09. The zero-order valence-corrected chi connectivity index (χ0v) is 11.8. The van der Waals surface area contributed by atoms with Gasteiger partial charge in [0, 0.05) is 12.5 Å². The van der Waals surface area contributed by atoms with E-state index in [4.69, 9.17) is 4.74 Å². The highest BCUT2D eigenvalue weighted by Gasteiger charge is 2.12. The molecule has 22 heavy (non-hydrogen) atoms. The highest BCUT2D eigenvalue weighted by molar-refractivity contribution is 5.74. The van der Waals surface area contributed by atoms with Gasteiger partial charge in [-0.15, -0.1) is 20.4 Å². The first-order valence-corrected chi connectivity index (χ1v) is 6.64. The number of esters is 1. The molecule has 0 fully saturated rings. The monoisotopic (exact) mass is 292 g/mol. The number of ether oxygens (including phenoxy) is 1. The van der Waals surface area contributed by atoms with E-state index in [2.05, 4.69) is 20.4 Å². The lowest BCUT2D eigenvalue weighted by atomic mass is 10.2. The van der Waals surface area contributed by atoms with Crippen LogP contribution in [0.3, 0.4) is 0 Å². The molecule has 3 rings (SSSR count). The van der Waals surface area contributed by atoms with Crippen LogP contribution in [0.4, 0.5) is 0 Å². The summed E-state index contributed by atoms with van der Waals surface area (Å²) in [5.74, 6) is 0.714. The third-order valence-corrected chi connectivity index (χ3v) is 2.89. The van der Waals surface area contributed by atoms with E-state index in [1.54, 1.807) is 24.3 Å². The maximum atomic E-state index is 11.1. The molecular weight excluding hydrogens is 280 g/mol. The standard InChI is InChI=1S/C16H12N4O2/c1-11(21)22-14-10-6-5-9-13(14)16-19-17-15(18-20-16)12-7-3-2-4-8-12/h2-10H,1H3. The van der Waals surface area contributed by atoms with Gasteiger partial charge in [-0.05, 0) is 12.1 Å². The van der Waals surface area contributed by atoms with E-state index in [9.17, 15) is 4.79 Å². The number of carbonyl (C=O) groups is 1. The summed E-state index contributed by atoms with van der Waals surface area (Å²) in [5.41, 5.74) is 1.40. The van der Waals surface area contributed by atoms with Crippen molar-refractivity contribution in [2.45, 2.75) is 6.92 Å². The van der Waals surface area contributed by atoms with Gasteiger partial charge in [0.25, 0.3) is 0 Å². The summed E-state index contributed by atoms with van der Waals surface area (Å²) in [4.78, 5) is 11.1. The van der Waals surface area contributed by atoms with Crippen molar-refractivity contribution >= 4 is 5.97 Å². The van der Waals surface area contributed by atoms with E-state index >= 15 is 0 Å². The number of aromatic nitrogens is 4. The molecule has 6 heteroatoms. The van der Waals surface area contributed by atoms with Crippen molar-refractivity contribution in [3.8, 4) is 28.5 Å². The van der Waals surface area contributed by atoms with Crippen LogP contribution in [0.15, 0.2) is 54.6 Å². The number of hydrogen-bond acceptors (Lipinski definition) is 6. The molecule has 2 aromatic carbocycles. The molecule has 108 valence electrons. The molecule has 0 saturated carbocycles. The Morgan fingerprint density at radius 1 is 0.818 bits per heavy atom. The predicted octanol–water partition coefficient (Wildman–Crippen LogP) is 2.53. The molecule has 0 radical (unpaired) electrons. The Morgan fingerprint density at radius 3 is 2.09 bits per heavy atom. The van der Waals surface area contributed by atoms with Gasteiger partial charge in [0.2, 0.25) is 11.6 Å². The van der Waals surface area contributed by atoms with E-state index < -0.39 is 5.97 Å². The Hall–Kier alpha value is -3.15. The van der Waals surface area contributed by atoms with Gasteiger partial charge in [0.15, 0.2) is 0 Å². The maximum absolute atomic E-state index is 11.1. The number of carbonyl (C=O) groups excluding carboxylic acids is 1. The van der Waals surface area contributed by atoms with Crippen LogP contribution in [-0.2, 0) is 4.79 Å². The number of nitrogens with zero attached hydrogens (tertiary/aromatic N) is 4. The molecule has 0 spiro atoms. The summed E-state index contributed by atoms with van der Waals surface area (Å²) >= 11 is 0. The van der Waals surface area contributed by atoms with Crippen LogP contribution in [0.25, 0.3) is 22.8 Å². The topological polar surface area (TPSA) is 77.9 Å². The third-order valence-electron chi connectivity index (χ3n) is 2.89. The predicted molar refractivity (Wildman–Crippen MR) is 79.8 cm³/mol. The smallest absolute Gasteiger partial charge is 0.308 e. The molecule has 0 aliphatic rings. The maximum Gasteiger partial charge on any atom is 0.308 e. The largest absolute Gasteiger partial charge is 0.426 e. The number of hydrogen-bond donors (Lipinski definition) is 0. The van der Waals surface area contributed by atoms with Crippen LogP contribution in [0, 0.1) is 0 Å². The van der Waals surface area contributed by atoms with Crippen molar-refractivity contribution in [3.63, 3.8) is 0 Å². The second-order valence-electron chi connectivity index (χ2n) is 4.50. The summed E-state index contributed by atoms with van der Waals surface area (Å²) in [5, 5.41) is 16.3. The lowest BCUT2D eigenvalue weighted by molar-refractivity contribution is -0.131. The summed E-state index contributed by atoms with van der Waals surface area (Å²) < 4.78 is 5.14. The third kappa shape index (κ3) is 2.95. The molecule has 0 bridgehead atoms. The van der Waals surface area contributed by atoms with E-state index in [1.165, 1.54) is 6.92 Å². The van der Waals surface area contributed by atoms with Crippen molar-refractivity contribution in [1.82, 2.24) is 20.4 Å². The van der Waals surface area contributed by atoms with Crippen molar-refractivity contribution in [2.24, 2.45) is 0 Å². The van der Waals surface area contributed by atoms with E-state index in [1.807, 2.05) is 30.3 Å². The normalized spacial score (nSPS) is 10.2. The van der Waals surface area contributed by atoms with Gasteiger partial charge in [-0.1, -0.05) is 42.5 Å². The Balaban J connectivity index is 1.95. The van der Waals surface area contributed by atoms with Crippen LogP contribution in [0.2, 0.25) is 0 Å². The summed E-state index contributed by atoms with van der Waals surface area (Å²) in [6.45, 7) is 1.34. The summed E-state index contributed by atoms with van der Waals surface area (Å²) in [6, 6.07) is 16.4. The number of rotatable bonds is 3. The van der Waals surface area contributed by atoms with Crippen LogP contribution in [-0.4, -0.2) is 26.4 Å². The Labute approximate surface area is 126 Å². The molecular formula is C16H12N4O2. The van der Waals surface area contributed by atoms with E-state index in [0.717, 1.165) is 5.56 Å². The van der Waals surface area contributed by atoms with E-state index in [0.29, 0.717) is 23.0 Å². The molecule has 1 aromatic heterocycles. The fourth-order valence-electron chi connectivity index (χ4n) is 1.94.